The third-order valence-electron chi connectivity index (χ3n) is 2.35. The quantitative estimate of drug-likeness (QED) is 0.768. The molecule has 0 aliphatic carbocycles. The van der Waals surface area contributed by atoms with Crippen LogP contribution in [0, 0.1) is 6.92 Å². The van der Waals surface area contributed by atoms with Crippen LogP contribution in [0.15, 0.2) is 15.6 Å². The highest BCUT2D eigenvalue weighted by atomic mass is 32.2. The number of nitrogens with two attached hydrogens (primary N) is 1. The van der Waals surface area contributed by atoms with Crippen molar-refractivity contribution in [1.29, 1.82) is 0 Å². The molecule has 2 aromatic rings. The van der Waals surface area contributed by atoms with E-state index in [1.54, 1.807) is 6.92 Å². The highest BCUT2D eigenvalue weighted by molar-refractivity contribution is 7.89. The van der Waals surface area contributed by atoms with Crippen LogP contribution in [0.4, 0.5) is 5.82 Å². The second kappa shape index (κ2) is 4.97. The highest BCUT2D eigenvalue weighted by Gasteiger charge is 2.21. The Morgan fingerprint density at radius 2 is 2.26 bits per heavy atom. The van der Waals surface area contributed by atoms with Gasteiger partial charge in [-0.05, 0) is 13.8 Å². The summed E-state index contributed by atoms with van der Waals surface area (Å²) in [5, 5.41) is 7.44. The summed E-state index contributed by atoms with van der Waals surface area (Å²) in [6.07, 6.45) is 1.37. The van der Waals surface area contributed by atoms with Gasteiger partial charge in [0.2, 0.25) is 15.9 Å². The normalized spacial score (nSPS) is 11.9. The average molecular weight is 286 g/mol. The number of rotatable bonds is 5. The van der Waals surface area contributed by atoms with Crippen LogP contribution in [0.2, 0.25) is 0 Å². The molecule has 9 nitrogen and oxygen atoms in total. The molecule has 0 saturated carbocycles. The van der Waals surface area contributed by atoms with Gasteiger partial charge in [0.1, 0.15) is 4.90 Å². The first-order chi connectivity index (χ1) is 8.92. The number of aryl methyl sites for hydroxylation is 2. The fourth-order valence-electron chi connectivity index (χ4n) is 1.43. The Hall–Kier alpha value is -1.94. The van der Waals surface area contributed by atoms with Gasteiger partial charge in [0.05, 0.1) is 6.54 Å². The lowest BCUT2D eigenvalue weighted by molar-refractivity contribution is 0.372. The van der Waals surface area contributed by atoms with Crippen molar-refractivity contribution in [3.63, 3.8) is 0 Å². The number of nitrogens with zero attached hydrogens (tertiary/aromatic N) is 4. The van der Waals surface area contributed by atoms with Gasteiger partial charge in [-0.25, -0.2) is 13.1 Å². The lowest BCUT2D eigenvalue weighted by Gasteiger charge is -2.02. The van der Waals surface area contributed by atoms with Crippen LogP contribution in [0.1, 0.15) is 18.6 Å². The molecule has 0 spiro atoms. The summed E-state index contributed by atoms with van der Waals surface area (Å²) >= 11 is 0. The molecule has 0 atom stereocenters. The van der Waals surface area contributed by atoms with E-state index < -0.39 is 10.0 Å². The van der Waals surface area contributed by atoms with Crippen molar-refractivity contribution in [1.82, 2.24) is 24.6 Å². The van der Waals surface area contributed by atoms with Crippen molar-refractivity contribution in [2.75, 3.05) is 5.73 Å². The van der Waals surface area contributed by atoms with Gasteiger partial charge in [-0.1, -0.05) is 5.16 Å². The largest absolute Gasteiger partial charge is 0.381 e. The molecule has 0 aliphatic heterocycles. The van der Waals surface area contributed by atoms with E-state index >= 15 is 0 Å². The van der Waals surface area contributed by atoms with E-state index in [1.165, 1.54) is 10.9 Å². The molecule has 2 heterocycles. The van der Waals surface area contributed by atoms with Crippen molar-refractivity contribution in [3.05, 3.63) is 17.9 Å². The van der Waals surface area contributed by atoms with Crippen LogP contribution in [0.5, 0.6) is 0 Å². The van der Waals surface area contributed by atoms with Gasteiger partial charge in [0.15, 0.2) is 11.6 Å². The smallest absolute Gasteiger partial charge is 0.246 e. The Kier molecular flexibility index (Phi) is 3.53. The molecule has 0 aliphatic rings. The zero-order valence-corrected chi connectivity index (χ0v) is 11.3. The molecule has 0 fully saturated rings. The molecule has 3 N–H and O–H groups in total. The van der Waals surface area contributed by atoms with Gasteiger partial charge in [-0.2, -0.15) is 10.1 Å². The predicted octanol–water partition coefficient (Wildman–Crippen LogP) is -0.345. The van der Waals surface area contributed by atoms with Crippen molar-refractivity contribution < 1.29 is 12.9 Å². The number of aromatic nitrogens is 4. The summed E-state index contributed by atoms with van der Waals surface area (Å²) in [4.78, 5) is 3.83. The Morgan fingerprint density at radius 1 is 1.53 bits per heavy atom. The second-order valence-corrected chi connectivity index (χ2v) is 5.53. The molecule has 0 unspecified atom stereocenters. The van der Waals surface area contributed by atoms with Crippen molar-refractivity contribution in [3.8, 4) is 0 Å². The Balaban J connectivity index is 2.15. The van der Waals surface area contributed by atoms with Crippen LogP contribution in [-0.4, -0.2) is 28.3 Å². The minimum Gasteiger partial charge on any atom is -0.381 e. The third-order valence-corrected chi connectivity index (χ3v) is 3.77. The number of hydrogen-bond donors (Lipinski definition) is 2. The topological polar surface area (TPSA) is 129 Å². The number of sulfonamides is 1. The van der Waals surface area contributed by atoms with Crippen LogP contribution in [0.3, 0.4) is 0 Å². The summed E-state index contributed by atoms with van der Waals surface area (Å²) in [5.74, 6) is 0.575. The summed E-state index contributed by atoms with van der Waals surface area (Å²) in [5.41, 5.74) is 5.57. The van der Waals surface area contributed by atoms with E-state index in [2.05, 4.69) is 20.0 Å². The minimum absolute atomic E-state index is 0.0453. The lowest BCUT2D eigenvalue weighted by Crippen LogP contribution is -2.23. The molecule has 2 aromatic heterocycles. The maximum Gasteiger partial charge on any atom is 0.246 e. The fraction of sp³-hybridized carbons (Fsp3) is 0.444. The highest BCUT2D eigenvalue weighted by Crippen LogP contribution is 2.16. The maximum atomic E-state index is 12.0. The van der Waals surface area contributed by atoms with Crippen molar-refractivity contribution in [2.24, 2.45) is 0 Å². The molecule has 0 aromatic carbocycles. The number of anilines is 1. The van der Waals surface area contributed by atoms with Crippen LogP contribution in [0.25, 0.3) is 0 Å². The third kappa shape index (κ3) is 2.90. The molecule has 0 radical (unpaired) electrons. The Labute approximate surface area is 109 Å². The summed E-state index contributed by atoms with van der Waals surface area (Å²) in [6.45, 7) is 3.91. The van der Waals surface area contributed by atoms with Gasteiger partial charge in [0.25, 0.3) is 0 Å². The molecular weight excluding hydrogens is 272 g/mol. The number of nitrogens with one attached hydrogen (secondary N) is 1. The molecular formula is C9H14N6O3S. The van der Waals surface area contributed by atoms with Crippen molar-refractivity contribution >= 4 is 15.8 Å². The van der Waals surface area contributed by atoms with Gasteiger partial charge < -0.3 is 10.3 Å². The fourth-order valence-corrected chi connectivity index (χ4v) is 2.48. The first-order valence-corrected chi connectivity index (χ1v) is 7.02. The number of hydrogen-bond acceptors (Lipinski definition) is 7. The van der Waals surface area contributed by atoms with Gasteiger partial charge >= 0.3 is 0 Å². The average Bonchev–Trinajstić information content (AvgIpc) is 2.93. The standard InChI is InChI=1S/C9H14N6O3S/c1-3-15-5-7(9(10)13-15)19(16,17)11-4-8-12-6(2)14-18-8/h5,11H,3-4H2,1-2H3,(H2,10,13). The number of nitrogen functional groups attached to an aromatic ring is 1. The minimum atomic E-state index is -3.76. The zero-order chi connectivity index (χ0) is 14.0. The first kappa shape index (κ1) is 13.5. The van der Waals surface area contributed by atoms with Crippen LogP contribution >= 0.6 is 0 Å². The Morgan fingerprint density at radius 3 is 2.79 bits per heavy atom. The van der Waals surface area contributed by atoms with E-state index in [4.69, 9.17) is 10.3 Å². The van der Waals surface area contributed by atoms with Gasteiger partial charge in [-0.3, -0.25) is 4.68 Å². The maximum absolute atomic E-state index is 12.0. The Bertz CT molecular complexity index is 674. The van der Waals surface area contributed by atoms with E-state index in [-0.39, 0.29) is 23.1 Å². The van der Waals surface area contributed by atoms with Gasteiger partial charge in [-0.15, -0.1) is 0 Å². The summed E-state index contributed by atoms with van der Waals surface area (Å²) in [7, 11) is -3.76. The van der Waals surface area contributed by atoms with Crippen LogP contribution < -0.4 is 10.5 Å². The second-order valence-electron chi connectivity index (χ2n) is 3.79. The molecule has 10 heteroatoms. The van der Waals surface area contributed by atoms with E-state index in [9.17, 15) is 8.42 Å². The first-order valence-electron chi connectivity index (χ1n) is 5.54. The molecule has 0 bridgehead atoms. The lowest BCUT2D eigenvalue weighted by atomic mass is 10.6. The predicted molar refractivity (Wildman–Crippen MR) is 65.4 cm³/mol. The SMILES string of the molecule is CCn1cc(S(=O)(=O)NCc2nc(C)no2)c(N)n1. The van der Waals surface area contributed by atoms with E-state index in [0.717, 1.165) is 0 Å². The molecule has 2 rings (SSSR count). The van der Waals surface area contributed by atoms with E-state index in [0.29, 0.717) is 12.4 Å². The monoisotopic (exact) mass is 286 g/mol. The van der Waals surface area contributed by atoms with Crippen LogP contribution in [-0.2, 0) is 23.1 Å². The molecule has 104 valence electrons. The van der Waals surface area contributed by atoms with Gasteiger partial charge in [0, 0.05) is 12.7 Å². The summed E-state index contributed by atoms with van der Waals surface area (Å²) < 4.78 is 32.6. The summed E-state index contributed by atoms with van der Waals surface area (Å²) in [6, 6.07) is 0. The zero-order valence-electron chi connectivity index (χ0n) is 10.5. The molecule has 19 heavy (non-hydrogen) atoms. The molecule has 0 saturated heterocycles. The van der Waals surface area contributed by atoms with Crippen molar-refractivity contribution in [2.45, 2.75) is 31.8 Å². The van der Waals surface area contributed by atoms with E-state index in [1.807, 2.05) is 6.92 Å². The molecule has 0 amide bonds.